The molecule has 2 aromatic rings. The Morgan fingerprint density at radius 3 is 2.38 bits per heavy atom. The van der Waals surface area contributed by atoms with E-state index in [4.69, 9.17) is 32.5 Å². The summed E-state index contributed by atoms with van der Waals surface area (Å²) >= 11 is 11.7. The Hall–Kier alpha value is -2.00. The van der Waals surface area contributed by atoms with Crippen LogP contribution in [-0.4, -0.2) is 25.7 Å². The van der Waals surface area contributed by atoms with Crippen molar-refractivity contribution in [2.45, 2.75) is 4.90 Å². The molecule has 2 amide bonds. The van der Waals surface area contributed by atoms with Gasteiger partial charge in [0, 0.05) is 10.7 Å². The van der Waals surface area contributed by atoms with Crippen LogP contribution < -0.4 is 15.4 Å². The molecule has 2 aromatic carbocycles. The molecule has 0 aromatic heterocycles. The van der Waals surface area contributed by atoms with E-state index in [0.717, 1.165) is 12.1 Å². The van der Waals surface area contributed by atoms with Gasteiger partial charge in [0.25, 0.3) is 10.1 Å². The predicted octanol–water partition coefficient (Wildman–Crippen LogP) is 3.40. The second-order valence-corrected chi connectivity index (χ2v) is 6.76. The first-order valence-electron chi connectivity index (χ1n) is 6.46. The SMILES string of the molecule is O=C(NCOc1ccc(Cl)cc1Cl)Nc1ccc(S(=O)(=O)O)cc1. The summed E-state index contributed by atoms with van der Waals surface area (Å²) in [5.74, 6) is 0.360. The number of rotatable bonds is 5. The maximum atomic E-state index is 11.7. The van der Waals surface area contributed by atoms with Gasteiger partial charge in [-0.05, 0) is 42.5 Å². The fraction of sp³-hybridized carbons (Fsp3) is 0.0714. The minimum atomic E-state index is -4.27. The third kappa shape index (κ3) is 5.27. The molecule has 0 saturated heterocycles. The van der Waals surface area contributed by atoms with E-state index in [1.54, 1.807) is 12.1 Å². The highest BCUT2D eigenvalue weighted by atomic mass is 35.5. The van der Waals surface area contributed by atoms with Crippen molar-refractivity contribution < 1.29 is 22.5 Å². The molecule has 0 saturated carbocycles. The molecule has 0 unspecified atom stereocenters. The molecule has 0 heterocycles. The van der Waals surface area contributed by atoms with Gasteiger partial charge in [0.05, 0.1) is 9.92 Å². The zero-order valence-corrected chi connectivity index (χ0v) is 14.3. The largest absolute Gasteiger partial charge is 0.472 e. The van der Waals surface area contributed by atoms with Crippen molar-refractivity contribution in [2.24, 2.45) is 0 Å². The van der Waals surface area contributed by atoms with Crippen molar-refractivity contribution in [1.82, 2.24) is 5.32 Å². The van der Waals surface area contributed by atoms with Crippen molar-refractivity contribution in [3.05, 3.63) is 52.5 Å². The van der Waals surface area contributed by atoms with Crippen molar-refractivity contribution in [3.63, 3.8) is 0 Å². The highest BCUT2D eigenvalue weighted by molar-refractivity contribution is 7.85. The number of amides is 2. The van der Waals surface area contributed by atoms with E-state index >= 15 is 0 Å². The lowest BCUT2D eigenvalue weighted by molar-refractivity contribution is 0.234. The van der Waals surface area contributed by atoms with Gasteiger partial charge in [-0.3, -0.25) is 4.55 Å². The summed E-state index contributed by atoms with van der Waals surface area (Å²) in [6.45, 7) is -0.143. The third-order valence-electron chi connectivity index (χ3n) is 2.76. The minimum absolute atomic E-state index is 0.143. The number of hydrogen-bond acceptors (Lipinski definition) is 4. The molecular weight excluding hydrogens is 379 g/mol. The summed E-state index contributed by atoms with van der Waals surface area (Å²) in [5.41, 5.74) is 0.337. The van der Waals surface area contributed by atoms with Crippen molar-refractivity contribution in [1.29, 1.82) is 0 Å². The molecular formula is C14H12Cl2N2O5S. The summed E-state index contributed by atoms with van der Waals surface area (Å²) in [5, 5.41) is 5.68. The summed E-state index contributed by atoms with van der Waals surface area (Å²) in [4.78, 5) is 11.4. The van der Waals surface area contributed by atoms with E-state index in [0.29, 0.717) is 21.5 Å². The molecule has 0 radical (unpaired) electrons. The van der Waals surface area contributed by atoms with Crippen LogP contribution >= 0.6 is 23.2 Å². The van der Waals surface area contributed by atoms with Crippen LogP contribution in [0, 0.1) is 0 Å². The lowest BCUT2D eigenvalue weighted by Gasteiger charge is -2.10. The maximum absolute atomic E-state index is 11.7. The molecule has 0 aliphatic rings. The average Bonchev–Trinajstić information content (AvgIpc) is 2.49. The van der Waals surface area contributed by atoms with Gasteiger partial charge in [0.15, 0.2) is 6.73 Å². The van der Waals surface area contributed by atoms with Crippen molar-refractivity contribution in [3.8, 4) is 5.75 Å². The lowest BCUT2D eigenvalue weighted by atomic mass is 10.3. The van der Waals surface area contributed by atoms with Crippen LogP contribution in [0.1, 0.15) is 0 Å². The van der Waals surface area contributed by atoms with E-state index in [2.05, 4.69) is 10.6 Å². The first-order chi connectivity index (χ1) is 11.3. The Morgan fingerprint density at radius 1 is 1.12 bits per heavy atom. The van der Waals surface area contributed by atoms with E-state index in [9.17, 15) is 13.2 Å². The van der Waals surface area contributed by atoms with E-state index in [-0.39, 0.29) is 11.6 Å². The van der Waals surface area contributed by atoms with E-state index < -0.39 is 16.1 Å². The summed E-state index contributed by atoms with van der Waals surface area (Å²) in [7, 11) is -4.27. The fourth-order valence-corrected chi connectivity index (χ4v) is 2.60. The van der Waals surface area contributed by atoms with Crippen molar-refractivity contribution in [2.75, 3.05) is 12.0 Å². The number of hydrogen-bond donors (Lipinski definition) is 3. The highest BCUT2D eigenvalue weighted by Gasteiger charge is 2.09. The minimum Gasteiger partial charge on any atom is -0.472 e. The van der Waals surface area contributed by atoms with E-state index in [1.165, 1.54) is 18.2 Å². The standard InChI is InChI=1S/C14H12Cl2N2O5S/c15-9-1-6-13(12(16)7-9)23-8-17-14(19)18-10-2-4-11(5-3-10)24(20,21)22/h1-7H,8H2,(H2,17,18,19)(H,20,21,22). The normalized spacial score (nSPS) is 11.0. The van der Waals surface area contributed by atoms with Crippen LogP contribution in [0.25, 0.3) is 0 Å². The monoisotopic (exact) mass is 390 g/mol. The zero-order valence-electron chi connectivity index (χ0n) is 12.0. The Morgan fingerprint density at radius 2 is 1.79 bits per heavy atom. The molecule has 24 heavy (non-hydrogen) atoms. The molecule has 0 bridgehead atoms. The predicted molar refractivity (Wildman–Crippen MR) is 90.4 cm³/mol. The van der Waals surface area contributed by atoms with Gasteiger partial charge < -0.3 is 15.4 Å². The zero-order chi connectivity index (χ0) is 17.7. The smallest absolute Gasteiger partial charge is 0.321 e. The quantitative estimate of drug-likeness (QED) is 0.535. The second kappa shape index (κ2) is 7.71. The van der Waals surface area contributed by atoms with Crippen LogP contribution in [0.4, 0.5) is 10.5 Å². The summed E-state index contributed by atoms with van der Waals surface area (Å²) < 4.78 is 36.0. The van der Waals surface area contributed by atoms with Crippen LogP contribution in [-0.2, 0) is 10.1 Å². The van der Waals surface area contributed by atoms with Crippen LogP contribution in [0.5, 0.6) is 5.75 Å². The molecule has 128 valence electrons. The first-order valence-corrected chi connectivity index (χ1v) is 8.65. The van der Waals surface area contributed by atoms with Gasteiger partial charge in [0.2, 0.25) is 0 Å². The highest BCUT2D eigenvalue weighted by Crippen LogP contribution is 2.27. The maximum Gasteiger partial charge on any atom is 0.321 e. The van der Waals surface area contributed by atoms with Crippen LogP contribution in [0.2, 0.25) is 10.0 Å². The van der Waals surface area contributed by atoms with Gasteiger partial charge in [-0.25, -0.2) is 4.79 Å². The van der Waals surface area contributed by atoms with Gasteiger partial charge >= 0.3 is 6.03 Å². The first kappa shape index (κ1) is 18.3. The number of ether oxygens (including phenoxy) is 1. The number of nitrogens with one attached hydrogen (secondary N) is 2. The number of carbonyl (C=O) groups excluding carboxylic acids is 1. The molecule has 0 fully saturated rings. The van der Waals surface area contributed by atoms with Gasteiger partial charge in [0.1, 0.15) is 5.75 Å². The molecule has 0 atom stereocenters. The lowest BCUT2D eigenvalue weighted by Crippen LogP contribution is -2.32. The Balaban J connectivity index is 1.85. The number of halogens is 2. The topological polar surface area (TPSA) is 105 Å². The molecule has 10 heteroatoms. The number of carbonyl (C=O) groups is 1. The molecule has 7 nitrogen and oxygen atoms in total. The molecule has 2 rings (SSSR count). The summed E-state index contributed by atoms with van der Waals surface area (Å²) in [6.07, 6.45) is 0. The van der Waals surface area contributed by atoms with Crippen molar-refractivity contribution >= 4 is 45.0 Å². The molecule has 0 aliphatic carbocycles. The third-order valence-corrected chi connectivity index (χ3v) is 4.16. The van der Waals surface area contributed by atoms with Gasteiger partial charge in [-0.1, -0.05) is 23.2 Å². The second-order valence-electron chi connectivity index (χ2n) is 4.49. The number of anilines is 1. The Labute approximate surface area is 148 Å². The van der Waals surface area contributed by atoms with Crippen LogP contribution in [0.3, 0.4) is 0 Å². The Kier molecular flexibility index (Phi) is 5.89. The number of urea groups is 1. The Bertz CT molecular complexity index is 841. The average molecular weight is 391 g/mol. The molecule has 3 N–H and O–H groups in total. The van der Waals surface area contributed by atoms with Gasteiger partial charge in [-0.15, -0.1) is 0 Å². The van der Waals surface area contributed by atoms with E-state index in [1.807, 2.05) is 0 Å². The summed E-state index contributed by atoms with van der Waals surface area (Å²) in [6, 6.07) is 9.09. The fourth-order valence-electron chi connectivity index (χ4n) is 1.66. The number of benzene rings is 2. The van der Waals surface area contributed by atoms with Crippen LogP contribution in [0.15, 0.2) is 47.4 Å². The van der Waals surface area contributed by atoms with Gasteiger partial charge in [-0.2, -0.15) is 8.42 Å². The molecule has 0 aliphatic heterocycles. The molecule has 0 spiro atoms.